The molecule has 1 fully saturated rings. The van der Waals surface area contributed by atoms with E-state index in [1.807, 2.05) is 0 Å². The summed E-state index contributed by atoms with van der Waals surface area (Å²) < 4.78 is 1.24. The van der Waals surface area contributed by atoms with Gasteiger partial charge < -0.3 is 10.2 Å². The molecule has 0 saturated heterocycles. The van der Waals surface area contributed by atoms with Crippen molar-refractivity contribution in [2.45, 2.75) is 39.8 Å². The maximum Gasteiger partial charge on any atom is 0.0242 e. The molecule has 0 aromatic heterocycles. The SMILES string of the molecule is CCCNCc1ccc(CN(C)CC2CC2C)c(Br)c1. The highest BCUT2D eigenvalue weighted by atomic mass is 79.9. The quantitative estimate of drug-likeness (QED) is 0.719. The first-order valence-corrected chi connectivity index (χ1v) is 8.56. The van der Waals surface area contributed by atoms with E-state index in [0.29, 0.717) is 0 Å². The summed E-state index contributed by atoms with van der Waals surface area (Å²) in [5.41, 5.74) is 2.74. The van der Waals surface area contributed by atoms with Gasteiger partial charge in [-0.05, 0) is 55.5 Å². The number of hydrogen-bond donors (Lipinski definition) is 1. The molecule has 1 aromatic rings. The fourth-order valence-corrected chi connectivity index (χ4v) is 3.20. The van der Waals surface area contributed by atoms with Crippen LogP contribution in [0.15, 0.2) is 22.7 Å². The van der Waals surface area contributed by atoms with Gasteiger partial charge in [0, 0.05) is 24.1 Å². The number of nitrogens with one attached hydrogen (secondary N) is 1. The van der Waals surface area contributed by atoms with E-state index in [1.165, 1.54) is 35.0 Å². The van der Waals surface area contributed by atoms with Crippen molar-refractivity contribution in [1.29, 1.82) is 0 Å². The second kappa shape index (κ2) is 7.58. The van der Waals surface area contributed by atoms with Crippen LogP contribution >= 0.6 is 15.9 Å². The maximum atomic E-state index is 3.72. The number of benzene rings is 1. The number of rotatable bonds is 8. The van der Waals surface area contributed by atoms with E-state index in [-0.39, 0.29) is 0 Å². The molecule has 0 radical (unpaired) electrons. The zero-order valence-corrected chi connectivity index (χ0v) is 14.5. The summed E-state index contributed by atoms with van der Waals surface area (Å²) in [4.78, 5) is 2.45. The van der Waals surface area contributed by atoms with Crippen molar-refractivity contribution >= 4 is 15.9 Å². The van der Waals surface area contributed by atoms with E-state index in [0.717, 1.165) is 31.5 Å². The lowest BCUT2D eigenvalue weighted by molar-refractivity contribution is 0.307. The molecule has 0 bridgehead atoms. The largest absolute Gasteiger partial charge is 0.313 e. The molecule has 0 aliphatic heterocycles. The van der Waals surface area contributed by atoms with Gasteiger partial charge in [-0.25, -0.2) is 0 Å². The first-order valence-electron chi connectivity index (χ1n) is 7.76. The number of halogens is 1. The highest BCUT2D eigenvalue weighted by Crippen LogP contribution is 2.38. The van der Waals surface area contributed by atoms with Crippen LogP contribution in [0.25, 0.3) is 0 Å². The second-order valence-corrected chi connectivity index (χ2v) is 7.13. The summed E-state index contributed by atoms with van der Waals surface area (Å²) in [6.07, 6.45) is 2.59. The van der Waals surface area contributed by atoms with Crippen molar-refractivity contribution in [3.05, 3.63) is 33.8 Å². The molecule has 2 rings (SSSR count). The van der Waals surface area contributed by atoms with E-state index < -0.39 is 0 Å². The van der Waals surface area contributed by atoms with Crippen LogP contribution in [-0.2, 0) is 13.1 Å². The fourth-order valence-electron chi connectivity index (χ4n) is 2.65. The average molecular weight is 339 g/mol. The standard InChI is InChI=1S/C17H27BrN2/c1-4-7-19-10-14-5-6-15(17(18)9-14)11-20(3)12-16-8-13(16)2/h5-6,9,13,16,19H,4,7-8,10-12H2,1-3H3. The summed E-state index contributed by atoms with van der Waals surface area (Å²) in [6, 6.07) is 6.77. The van der Waals surface area contributed by atoms with Crippen molar-refractivity contribution in [3.63, 3.8) is 0 Å². The Morgan fingerprint density at radius 1 is 1.40 bits per heavy atom. The lowest BCUT2D eigenvalue weighted by atomic mass is 10.1. The molecule has 1 saturated carbocycles. The summed E-state index contributed by atoms with van der Waals surface area (Å²) >= 11 is 3.72. The Balaban J connectivity index is 1.85. The molecule has 0 heterocycles. The average Bonchev–Trinajstić information content (AvgIpc) is 3.08. The van der Waals surface area contributed by atoms with E-state index in [9.17, 15) is 0 Å². The molecule has 1 N–H and O–H groups in total. The van der Waals surface area contributed by atoms with Gasteiger partial charge in [0.25, 0.3) is 0 Å². The molecule has 2 unspecified atom stereocenters. The first-order chi connectivity index (χ1) is 9.60. The van der Waals surface area contributed by atoms with Crippen LogP contribution in [0.3, 0.4) is 0 Å². The molecule has 2 nitrogen and oxygen atoms in total. The third-order valence-corrected chi connectivity index (χ3v) is 4.87. The molecule has 1 aliphatic carbocycles. The maximum absolute atomic E-state index is 3.72. The smallest absolute Gasteiger partial charge is 0.0242 e. The van der Waals surface area contributed by atoms with E-state index in [1.54, 1.807) is 0 Å². The zero-order chi connectivity index (χ0) is 14.5. The Hall–Kier alpha value is -0.380. The number of hydrogen-bond acceptors (Lipinski definition) is 2. The van der Waals surface area contributed by atoms with Crippen LogP contribution in [0, 0.1) is 11.8 Å². The van der Waals surface area contributed by atoms with Crippen molar-refractivity contribution in [1.82, 2.24) is 10.2 Å². The van der Waals surface area contributed by atoms with Gasteiger partial charge in [-0.1, -0.05) is 41.9 Å². The van der Waals surface area contributed by atoms with Crippen LogP contribution in [-0.4, -0.2) is 25.0 Å². The fraction of sp³-hybridized carbons (Fsp3) is 0.647. The van der Waals surface area contributed by atoms with Crippen molar-refractivity contribution in [2.75, 3.05) is 20.1 Å². The minimum absolute atomic E-state index is 0.927. The minimum Gasteiger partial charge on any atom is -0.313 e. The Morgan fingerprint density at radius 3 is 2.75 bits per heavy atom. The Morgan fingerprint density at radius 2 is 2.15 bits per heavy atom. The summed E-state index contributed by atoms with van der Waals surface area (Å²) in [5.74, 6) is 1.86. The topological polar surface area (TPSA) is 15.3 Å². The summed E-state index contributed by atoms with van der Waals surface area (Å²) in [7, 11) is 2.23. The van der Waals surface area contributed by atoms with Crippen LogP contribution in [0.2, 0.25) is 0 Å². The number of nitrogens with zero attached hydrogens (tertiary/aromatic N) is 1. The van der Waals surface area contributed by atoms with Gasteiger partial charge in [-0.15, -0.1) is 0 Å². The normalized spacial score (nSPS) is 21.4. The van der Waals surface area contributed by atoms with Crippen molar-refractivity contribution in [3.8, 4) is 0 Å². The summed E-state index contributed by atoms with van der Waals surface area (Å²) in [5, 5.41) is 3.45. The molecule has 2 atom stereocenters. The second-order valence-electron chi connectivity index (χ2n) is 6.27. The monoisotopic (exact) mass is 338 g/mol. The molecular weight excluding hydrogens is 312 g/mol. The molecular formula is C17H27BrN2. The van der Waals surface area contributed by atoms with Crippen LogP contribution in [0.4, 0.5) is 0 Å². The lowest BCUT2D eigenvalue weighted by Gasteiger charge is -2.18. The van der Waals surface area contributed by atoms with Gasteiger partial charge in [-0.3, -0.25) is 0 Å². The third-order valence-electron chi connectivity index (χ3n) is 4.14. The Labute approximate surface area is 132 Å². The highest BCUT2D eigenvalue weighted by Gasteiger charge is 2.33. The van der Waals surface area contributed by atoms with Gasteiger partial charge in [0.1, 0.15) is 0 Å². The van der Waals surface area contributed by atoms with E-state index >= 15 is 0 Å². The lowest BCUT2D eigenvalue weighted by Crippen LogP contribution is -2.21. The molecule has 0 spiro atoms. The van der Waals surface area contributed by atoms with E-state index in [2.05, 4.69) is 65.2 Å². The molecule has 112 valence electrons. The molecule has 1 aliphatic rings. The van der Waals surface area contributed by atoms with Crippen LogP contribution in [0.5, 0.6) is 0 Å². The highest BCUT2D eigenvalue weighted by molar-refractivity contribution is 9.10. The molecule has 20 heavy (non-hydrogen) atoms. The van der Waals surface area contributed by atoms with E-state index in [4.69, 9.17) is 0 Å². The Bertz CT molecular complexity index is 433. The molecule has 1 aromatic carbocycles. The predicted molar refractivity (Wildman–Crippen MR) is 89.7 cm³/mol. The third kappa shape index (κ3) is 4.87. The summed E-state index contributed by atoms with van der Waals surface area (Å²) in [6.45, 7) is 8.86. The van der Waals surface area contributed by atoms with Crippen molar-refractivity contribution in [2.24, 2.45) is 11.8 Å². The van der Waals surface area contributed by atoms with Crippen LogP contribution < -0.4 is 5.32 Å². The molecule has 0 amide bonds. The zero-order valence-electron chi connectivity index (χ0n) is 13.0. The van der Waals surface area contributed by atoms with Gasteiger partial charge >= 0.3 is 0 Å². The van der Waals surface area contributed by atoms with Gasteiger partial charge in [0.15, 0.2) is 0 Å². The van der Waals surface area contributed by atoms with Gasteiger partial charge in [0.2, 0.25) is 0 Å². The van der Waals surface area contributed by atoms with Crippen LogP contribution in [0.1, 0.15) is 37.8 Å². The predicted octanol–water partition coefficient (Wildman–Crippen LogP) is 4.04. The molecule has 3 heteroatoms. The van der Waals surface area contributed by atoms with Gasteiger partial charge in [-0.2, -0.15) is 0 Å². The van der Waals surface area contributed by atoms with Gasteiger partial charge in [0.05, 0.1) is 0 Å². The first kappa shape index (κ1) is 16.0. The minimum atomic E-state index is 0.927. The Kier molecular flexibility index (Phi) is 6.06. The van der Waals surface area contributed by atoms with Crippen molar-refractivity contribution < 1.29 is 0 Å².